The van der Waals surface area contributed by atoms with Crippen molar-refractivity contribution in [2.75, 3.05) is 13.7 Å². The van der Waals surface area contributed by atoms with Crippen molar-refractivity contribution in [1.82, 2.24) is 29.9 Å². The van der Waals surface area contributed by atoms with Gasteiger partial charge in [-0.25, -0.2) is 0 Å². The molecule has 3 heterocycles. The fraction of sp³-hybridized carbons (Fsp3) is 0.545. The Hall–Kier alpha value is -1.73. The van der Waals surface area contributed by atoms with Crippen LogP contribution < -0.4 is 5.32 Å². The second-order valence-corrected chi connectivity index (χ2v) is 4.39. The largest absolute Gasteiger partial charge is 0.377 e. The van der Waals surface area contributed by atoms with Crippen LogP contribution in [0.3, 0.4) is 0 Å². The van der Waals surface area contributed by atoms with Crippen molar-refractivity contribution in [3.05, 3.63) is 29.6 Å². The average Bonchev–Trinajstić information content (AvgIpc) is 2.97. The average molecular weight is 248 g/mol. The molecule has 0 fully saturated rings. The zero-order chi connectivity index (χ0) is 12.5. The molecule has 2 aromatic heterocycles. The third kappa shape index (κ3) is 1.81. The van der Waals surface area contributed by atoms with Crippen LogP contribution in [0.15, 0.2) is 12.4 Å². The minimum absolute atomic E-state index is 0.0607. The van der Waals surface area contributed by atoms with Crippen molar-refractivity contribution in [2.45, 2.75) is 19.2 Å². The van der Waals surface area contributed by atoms with Gasteiger partial charge in [0.05, 0.1) is 12.2 Å². The first-order valence-electron chi connectivity index (χ1n) is 5.92. The van der Waals surface area contributed by atoms with Crippen LogP contribution >= 0.6 is 0 Å². The summed E-state index contributed by atoms with van der Waals surface area (Å²) < 4.78 is 9.05. The van der Waals surface area contributed by atoms with Gasteiger partial charge >= 0.3 is 0 Å². The number of rotatable bonds is 3. The molecule has 0 aliphatic carbocycles. The lowest BCUT2D eigenvalue weighted by Gasteiger charge is -2.24. The molecule has 3 rings (SSSR count). The van der Waals surface area contributed by atoms with Crippen LogP contribution in [-0.4, -0.2) is 38.2 Å². The Morgan fingerprint density at radius 1 is 1.50 bits per heavy atom. The van der Waals surface area contributed by atoms with Crippen LogP contribution in [0.5, 0.6) is 0 Å². The van der Waals surface area contributed by atoms with Gasteiger partial charge in [-0.05, 0) is 0 Å². The molecule has 1 atom stereocenters. The van der Waals surface area contributed by atoms with Crippen LogP contribution in [-0.2, 0) is 24.9 Å². The second-order valence-electron chi connectivity index (χ2n) is 4.39. The topological polar surface area (TPSA) is 69.8 Å². The highest BCUT2D eigenvalue weighted by atomic mass is 16.5. The number of hydrogen-bond acceptors (Lipinski definition) is 5. The zero-order valence-electron chi connectivity index (χ0n) is 10.5. The Balaban J connectivity index is 1.97. The van der Waals surface area contributed by atoms with Gasteiger partial charge in [-0.2, -0.15) is 5.10 Å². The quantitative estimate of drug-likeness (QED) is 0.818. The molecular weight excluding hydrogens is 232 g/mol. The Kier molecular flexibility index (Phi) is 2.85. The summed E-state index contributed by atoms with van der Waals surface area (Å²) >= 11 is 0. The highest BCUT2D eigenvalue weighted by Gasteiger charge is 2.26. The Labute approximate surface area is 105 Å². The third-order valence-electron chi connectivity index (χ3n) is 3.13. The maximum absolute atomic E-state index is 5.14. The van der Waals surface area contributed by atoms with E-state index in [0.717, 1.165) is 30.3 Å². The van der Waals surface area contributed by atoms with Crippen molar-refractivity contribution in [2.24, 2.45) is 7.05 Å². The van der Waals surface area contributed by atoms with Gasteiger partial charge in [0.25, 0.3) is 0 Å². The molecule has 96 valence electrons. The summed E-state index contributed by atoms with van der Waals surface area (Å²) in [4.78, 5) is 0. The van der Waals surface area contributed by atoms with Gasteiger partial charge in [0.1, 0.15) is 6.61 Å². The monoisotopic (exact) mass is 248 g/mol. The summed E-state index contributed by atoms with van der Waals surface area (Å²) in [6, 6.07) is 0.0607. The first-order chi connectivity index (χ1) is 8.79. The van der Waals surface area contributed by atoms with Gasteiger partial charge in [0, 0.05) is 39.0 Å². The Bertz CT molecular complexity index is 545. The van der Waals surface area contributed by atoms with Crippen LogP contribution in [0.4, 0.5) is 0 Å². The predicted molar refractivity (Wildman–Crippen MR) is 63.8 cm³/mol. The lowest BCUT2D eigenvalue weighted by molar-refractivity contribution is 0.173. The number of nitrogens with one attached hydrogen (secondary N) is 1. The van der Waals surface area contributed by atoms with Crippen molar-refractivity contribution in [3.8, 4) is 0 Å². The molecule has 1 aliphatic rings. The van der Waals surface area contributed by atoms with E-state index < -0.39 is 0 Å². The molecule has 0 saturated heterocycles. The molecule has 1 aliphatic heterocycles. The van der Waals surface area contributed by atoms with E-state index in [-0.39, 0.29) is 6.04 Å². The first-order valence-corrected chi connectivity index (χ1v) is 5.92. The van der Waals surface area contributed by atoms with E-state index in [0.29, 0.717) is 6.61 Å². The normalized spacial score (nSPS) is 18.9. The van der Waals surface area contributed by atoms with Gasteiger partial charge in [-0.3, -0.25) is 4.68 Å². The summed E-state index contributed by atoms with van der Waals surface area (Å²) in [5.74, 6) is 1.81. The van der Waals surface area contributed by atoms with Crippen LogP contribution in [0, 0.1) is 0 Å². The molecule has 0 spiro atoms. The molecule has 0 aromatic carbocycles. The molecular formula is C11H16N6O. The summed E-state index contributed by atoms with van der Waals surface area (Å²) in [6.07, 6.45) is 3.86. The zero-order valence-corrected chi connectivity index (χ0v) is 10.5. The van der Waals surface area contributed by atoms with E-state index in [1.807, 2.05) is 19.4 Å². The standard InChI is InChI=1S/C11H16N6O/c1-16-6-8(5-13-16)10-11-15-14-9(7-18-2)17(11)4-3-12-10/h5-6,10,12H,3-4,7H2,1-2H3. The summed E-state index contributed by atoms with van der Waals surface area (Å²) in [5.41, 5.74) is 1.11. The lowest BCUT2D eigenvalue weighted by Crippen LogP contribution is -2.34. The number of aromatic nitrogens is 5. The molecule has 0 radical (unpaired) electrons. The summed E-state index contributed by atoms with van der Waals surface area (Å²) in [5, 5.41) is 16.1. The first kappa shape index (κ1) is 11.4. The van der Waals surface area contributed by atoms with Gasteiger partial charge in [-0.15, -0.1) is 10.2 Å². The van der Waals surface area contributed by atoms with Crippen molar-refractivity contribution in [1.29, 1.82) is 0 Å². The lowest BCUT2D eigenvalue weighted by atomic mass is 10.1. The van der Waals surface area contributed by atoms with Gasteiger partial charge in [0.2, 0.25) is 0 Å². The molecule has 0 bridgehead atoms. The highest BCUT2D eigenvalue weighted by molar-refractivity contribution is 5.21. The van der Waals surface area contributed by atoms with Crippen LogP contribution in [0.25, 0.3) is 0 Å². The SMILES string of the molecule is COCc1nnc2n1CCNC2c1cnn(C)c1. The summed E-state index contributed by atoms with van der Waals surface area (Å²) in [7, 11) is 3.58. The van der Waals surface area contributed by atoms with E-state index in [9.17, 15) is 0 Å². The Morgan fingerprint density at radius 3 is 3.11 bits per heavy atom. The highest BCUT2D eigenvalue weighted by Crippen LogP contribution is 2.23. The molecule has 2 aromatic rings. The summed E-state index contributed by atoms with van der Waals surface area (Å²) in [6.45, 7) is 2.26. The molecule has 0 amide bonds. The molecule has 18 heavy (non-hydrogen) atoms. The molecule has 1 unspecified atom stereocenters. The number of hydrogen-bond donors (Lipinski definition) is 1. The van der Waals surface area contributed by atoms with Crippen molar-refractivity contribution >= 4 is 0 Å². The van der Waals surface area contributed by atoms with Gasteiger partial charge < -0.3 is 14.6 Å². The van der Waals surface area contributed by atoms with Gasteiger partial charge in [-0.1, -0.05) is 0 Å². The maximum Gasteiger partial charge on any atom is 0.159 e. The van der Waals surface area contributed by atoms with E-state index in [1.54, 1.807) is 11.8 Å². The van der Waals surface area contributed by atoms with Crippen LogP contribution in [0.1, 0.15) is 23.3 Å². The number of ether oxygens (including phenoxy) is 1. The molecule has 0 saturated carbocycles. The molecule has 1 N–H and O–H groups in total. The fourth-order valence-corrected chi connectivity index (χ4v) is 2.31. The number of fused-ring (bicyclic) bond motifs is 1. The number of methoxy groups -OCH3 is 1. The number of aryl methyl sites for hydroxylation is 1. The molecule has 7 heteroatoms. The number of nitrogens with zero attached hydrogens (tertiary/aromatic N) is 5. The van der Waals surface area contributed by atoms with Gasteiger partial charge in [0.15, 0.2) is 11.6 Å². The van der Waals surface area contributed by atoms with E-state index >= 15 is 0 Å². The van der Waals surface area contributed by atoms with E-state index in [1.165, 1.54) is 0 Å². The third-order valence-corrected chi connectivity index (χ3v) is 3.13. The maximum atomic E-state index is 5.14. The minimum atomic E-state index is 0.0607. The smallest absolute Gasteiger partial charge is 0.159 e. The van der Waals surface area contributed by atoms with Crippen molar-refractivity contribution in [3.63, 3.8) is 0 Å². The predicted octanol–water partition coefficient (Wildman–Crippen LogP) is -0.149. The van der Waals surface area contributed by atoms with Crippen molar-refractivity contribution < 1.29 is 4.74 Å². The van der Waals surface area contributed by atoms with E-state index in [4.69, 9.17) is 4.74 Å². The minimum Gasteiger partial charge on any atom is -0.377 e. The molecule has 7 nitrogen and oxygen atoms in total. The fourth-order valence-electron chi connectivity index (χ4n) is 2.31. The second kappa shape index (κ2) is 4.51. The van der Waals surface area contributed by atoms with Crippen LogP contribution in [0.2, 0.25) is 0 Å². The van der Waals surface area contributed by atoms with E-state index in [2.05, 4.69) is 25.2 Å². The Morgan fingerprint density at radius 2 is 2.39 bits per heavy atom.